The summed E-state index contributed by atoms with van der Waals surface area (Å²) in [6.45, 7) is 5.79. The van der Waals surface area contributed by atoms with Gasteiger partial charge in [-0.15, -0.1) is 0 Å². The Kier molecular flexibility index (Phi) is 10.5. The van der Waals surface area contributed by atoms with Gasteiger partial charge in [-0.3, -0.25) is 9.48 Å². The Hall–Kier alpha value is -3.84. The van der Waals surface area contributed by atoms with Crippen LogP contribution in [0.3, 0.4) is 0 Å². The van der Waals surface area contributed by atoms with E-state index in [1.165, 1.54) is 0 Å². The number of methoxy groups -OCH3 is 2. The van der Waals surface area contributed by atoms with Gasteiger partial charge in [-0.25, -0.2) is 0 Å². The predicted octanol–water partition coefficient (Wildman–Crippen LogP) is 3.83. The molecule has 9 heteroatoms. The largest absolute Gasteiger partial charge is 0.488 e. The lowest BCUT2D eigenvalue weighted by molar-refractivity contribution is -0.0262. The lowest BCUT2D eigenvalue weighted by Crippen LogP contribution is -2.19. The Labute approximate surface area is 218 Å². The first-order valence-electron chi connectivity index (χ1n) is 11.9. The van der Waals surface area contributed by atoms with Crippen molar-refractivity contribution >= 4 is 17.4 Å². The first-order chi connectivity index (χ1) is 17.9. The van der Waals surface area contributed by atoms with E-state index in [2.05, 4.69) is 27.6 Å². The number of hydrogen-bond acceptors (Lipinski definition) is 7. The van der Waals surface area contributed by atoms with Crippen LogP contribution in [0, 0.1) is 18.8 Å². The molecule has 2 N–H and O–H groups in total. The fraction of sp³-hybridized carbons (Fsp3) is 0.357. The average molecular weight is 507 g/mol. The molecule has 1 heterocycles. The van der Waals surface area contributed by atoms with Gasteiger partial charge in [0.05, 0.1) is 13.2 Å². The van der Waals surface area contributed by atoms with E-state index in [1.54, 1.807) is 50.3 Å². The number of aromatic nitrogens is 2. The zero-order valence-electron chi connectivity index (χ0n) is 22.0. The standard InChI is InChI=1S/C28H34N4O5/c1-20-6-7-22(16-26(20)29-11-13-36-19-35-5)8-9-23-14-24(17-25(15-23)37-21(2)18-34-4)28(33)30-27-10-12-32(3)31-27/h6-7,10,12,14-17,21,29H,11,13,18-19H2,1-5H3,(H,30,31,33)/t21-/m0/s1. The van der Waals surface area contributed by atoms with Gasteiger partial charge in [0.2, 0.25) is 0 Å². The third-order valence-electron chi connectivity index (χ3n) is 5.21. The van der Waals surface area contributed by atoms with E-state index in [1.807, 2.05) is 38.1 Å². The number of amides is 1. The molecule has 3 aromatic rings. The molecule has 1 atom stereocenters. The highest BCUT2D eigenvalue weighted by molar-refractivity contribution is 6.04. The number of carbonyl (C=O) groups is 1. The molecule has 0 aliphatic heterocycles. The number of benzene rings is 2. The van der Waals surface area contributed by atoms with Crippen molar-refractivity contribution in [3.8, 4) is 17.6 Å². The van der Waals surface area contributed by atoms with Gasteiger partial charge in [0.15, 0.2) is 5.82 Å². The summed E-state index contributed by atoms with van der Waals surface area (Å²) < 4.78 is 23.0. The molecule has 0 spiro atoms. The summed E-state index contributed by atoms with van der Waals surface area (Å²) in [5, 5.41) is 10.4. The van der Waals surface area contributed by atoms with Gasteiger partial charge in [0.25, 0.3) is 5.91 Å². The van der Waals surface area contributed by atoms with Crippen LogP contribution in [0.5, 0.6) is 5.75 Å². The molecule has 0 aliphatic rings. The van der Waals surface area contributed by atoms with E-state index in [0.717, 1.165) is 16.8 Å². The summed E-state index contributed by atoms with van der Waals surface area (Å²) >= 11 is 0. The minimum absolute atomic E-state index is 0.196. The van der Waals surface area contributed by atoms with Gasteiger partial charge in [0, 0.05) is 62.5 Å². The molecule has 9 nitrogen and oxygen atoms in total. The summed E-state index contributed by atoms with van der Waals surface area (Å²) in [7, 11) is 5.00. The quantitative estimate of drug-likeness (QED) is 0.219. The summed E-state index contributed by atoms with van der Waals surface area (Å²) in [6, 6.07) is 12.9. The molecule has 0 radical (unpaired) electrons. The normalized spacial score (nSPS) is 11.4. The number of nitrogens with one attached hydrogen (secondary N) is 2. The van der Waals surface area contributed by atoms with E-state index in [0.29, 0.717) is 42.5 Å². The van der Waals surface area contributed by atoms with Crippen molar-refractivity contribution in [1.29, 1.82) is 0 Å². The van der Waals surface area contributed by atoms with Crippen molar-refractivity contribution in [1.82, 2.24) is 9.78 Å². The SMILES string of the molecule is COCOCCNc1cc(C#Cc2cc(O[C@@H](C)COC)cc(C(=O)Nc3ccn(C)n3)c2)ccc1C. The van der Waals surface area contributed by atoms with E-state index >= 15 is 0 Å². The fourth-order valence-corrected chi connectivity index (χ4v) is 3.48. The second-order valence-corrected chi connectivity index (χ2v) is 8.48. The van der Waals surface area contributed by atoms with Gasteiger partial charge in [0.1, 0.15) is 18.6 Å². The molecule has 0 saturated carbocycles. The molecule has 3 rings (SSSR count). The topological polar surface area (TPSA) is 95.9 Å². The monoisotopic (exact) mass is 506 g/mol. The van der Waals surface area contributed by atoms with Crippen molar-refractivity contribution < 1.29 is 23.7 Å². The van der Waals surface area contributed by atoms with Crippen molar-refractivity contribution in [3.63, 3.8) is 0 Å². The number of carbonyl (C=O) groups excluding carboxylic acids is 1. The second kappa shape index (κ2) is 14.0. The van der Waals surface area contributed by atoms with Crippen molar-refractivity contribution in [2.45, 2.75) is 20.0 Å². The van der Waals surface area contributed by atoms with Gasteiger partial charge in [-0.1, -0.05) is 17.9 Å². The summed E-state index contributed by atoms with van der Waals surface area (Å²) in [5.41, 5.74) is 3.99. The number of rotatable bonds is 12. The van der Waals surface area contributed by atoms with E-state index in [4.69, 9.17) is 18.9 Å². The summed E-state index contributed by atoms with van der Waals surface area (Å²) in [6.07, 6.45) is 1.56. The summed E-state index contributed by atoms with van der Waals surface area (Å²) in [5.74, 6) is 7.06. The first kappa shape index (κ1) is 27.7. The Morgan fingerprint density at radius 3 is 2.62 bits per heavy atom. The van der Waals surface area contributed by atoms with Crippen LogP contribution in [0.4, 0.5) is 11.5 Å². The molecule has 0 bridgehead atoms. The van der Waals surface area contributed by atoms with Crippen molar-refractivity contribution in [2.75, 3.05) is 51.4 Å². The smallest absolute Gasteiger partial charge is 0.257 e. The molecule has 0 unspecified atom stereocenters. The molecular formula is C28H34N4O5. The van der Waals surface area contributed by atoms with Crippen LogP contribution in [0.2, 0.25) is 0 Å². The minimum atomic E-state index is -0.302. The van der Waals surface area contributed by atoms with E-state index in [-0.39, 0.29) is 18.8 Å². The minimum Gasteiger partial charge on any atom is -0.488 e. The number of nitrogens with zero attached hydrogens (tertiary/aromatic N) is 2. The third kappa shape index (κ3) is 8.95. The Morgan fingerprint density at radius 1 is 1.08 bits per heavy atom. The highest BCUT2D eigenvalue weighted by Crippen LogP contribution is 2.21. The number of hydrogen-bond donors (Lipinski definition) is 2. The lowest BCUT2D eigenvalue weighted by Gasteiger charge is -2.15. The zero-order valence-corrected chi connectivity index (χ0v) is 22.0. The van der Waals surface area contributed by atoms with Crippen LogP contribution in [-0.4, -0.2) is 62.6 Å². The fourth-order valence-electron chi connectivity index (χ4n) is 3.48. The molecule has 2 aromatic carbocycles. The van der Waals surface area contributed by atoms with Crippen molar-refractivity contribution in [3.05, 3.63) is 70.9 Å². The summed E-state index contributed by atoms with van der Waals surface area (Å²) in [4.78, 5) is 12.9. The maximum Gasteiger partial charge on any atom is 0.257 e. The van der Waals surface area contributed by atoms with Crippen LogP contribution < -0.4 is 15.4 Å². The molecule has 1 amide bonds. The number of ether oxygens (including phenoxy) is 4. The van der Waals surface area contributed by atoms with Crippen molar-refractivity contribution in [2.24, 2.45) is 7.05 Å². The molecule has 1 aromatic heterocycles. The molecular weight excluding hydrogens is 472 g/mol. The highest BCUT2D eigenvalue weighted by Gasteiger charge is 2.13. The average Bonchev–Trinajstić information content (AvgIpc) is 3.28. The van der Waals surface area contributed by atoms with Crippen LogP contribution in [0.1, 0.15) is 34.0 Å². The van der Waals surface area contributed by atoms with Crippen LogP contribution in [0.15, 0.2) is 48.7 Å². The van der Waals surface area contributed by atoms with Crippen LogP contribution >= 0.6 is 0 Å². The number of aryl methyl sites for hydroxylation is 2. The lowest BCUT2D eigenvalue weighted by atomic mass is 10.1. The Morgan fingerprint density at radius 2 is 1.89 bits per heavy atom. The molecule has 0 fully saturated rings. The zero-order chi connectivity index (χ0) is 26.6. The molecule has 196 valence electrons. The Balaban J connectivity index is 1.82. The maximum atomic E-state index is 12.9. The van der Waals surface area contributed by atoms with Crippen LogP contribution in [-0.2, 0) is 21.3 Å². The van der Waals surface area contributed by atoms with E-state index < -0.39 is 0 Å². The second-order valence-electron chi connectivity index (χ2n) is 8.48. The van der Waals surface area contributed by atoms with Gasteiger partial charge in [-0.2, -0.15) is 5.10 Å². The molecule has 37 heavy (non-hydrogen) atoms. The third-order valence-corrected chi connectivity index (χ3v) is 5.21. The Bertz CT molecular complexity index is 1240. The molecule has 0 saturated heterocycles. The van der Waals surface area contributed by atoms with Crippen LogP contribution in [0.25, 0.3) is 0 Å². The molecule has 0 aliphatic carbocycles. The van der Waals surface area contributed by atoms with Gasteiger partial charge >= 0.3 is 0 Å². The van der Waals surface area contributed by atoms with E-state index in [9.17, 15) is 4.79 Å². The van der Waals surface area contributed by atoms with Gasteiger partial charge in [-0.05, 0) is 49.7 Å². The first-order valence-corrected chi connectivity index (χ1v) is 11.9. The van der Waals surface area contributed by atoms with Gasteiger partial charge < -0.3 is 29.6 Å². The predicted molar refractivity (Wildman–Crippen MR) is 143 cm³/mol. The number of anilines is 2. The highest BCUT2D eigenvalue weighted by atomic mass is 16.7. The maximum absolute atomic E-state index is 12.9.